The first-order chi connectivity index (χ1) is 26.3. The van der Waals surface area contributed by atoms with Crippen molar-refractivity contribution in [1.82, 2.24) is 14.4 Å². The van der Waals surface area contributed by atoms with E-state index in [-0.39, 0.29) is 21.1 Å². The quantitative estimate of drug-likeness (QED) is 0.160. The number of para-hydroxylation sites is 2. The molecule has 7 heteroatoms. The maximum absolute atomic E-state index is 4.01. The van der Waals surface area contributed by atoms with Gasteiger partial charge in [0.2, 0.25) is 0 Å². The number of rotatable bonds is 5. The van der Waals surface area contributed by atoms with E-state index in [9.17, 15) is 0 Å². The zero-order valence-electron chi connectivity index (χ0n) is 33.0. The summed E-state index contributed by atoms with van der Waals surface area (Å²) in [5.41, 5.74) is 14.1. The zero-order chi connectivity index (χ0) is 36.8. The van der Waals surface area contributed by atoms with E-state index in [1.807, 2.05) is 0 Å². The van der Waals surface area contributed by atoms with E-state index in [2.05, 4.69) is 169 Å². The van der Waals surface area contributed by atoms with Crippen molar-refractivity contribution in [2.45, 2.75) is 105 Å². The van der Waals surface area contributed by atoms with Crippen LogP contribution in [0.15, 0.2) is 95.6 Å². The molecule has 5 aromatic rings. The van der Waals surface area contributed by atoms with E-state index in [1.54, 1.807) is 0 Å². The Kier molecular flexibility index (Phi) is 9.35. The van der Waals surface area contributed by atoms with E-state index >= 15 is 0 Å². The van der Waals surface area contributed by atoms with Crippen molar-refractivity contribution in [2.75, 3.05) is 14.7 Å². The van der Waals surface area contributed by atoms with Crippen LogP contribution < -0.4 is 14.7 Å². The van der Waals surface area contributed by atoms with Crippen LogP contribution in [0.4, 0.5) is 28.4 Å². The van der Waals surface area contributed by atoms with Gasteiger partial charge in [-0.15, -0.1) is 47.8 Å². The fourth-order valence-electron chi connectivity index (χ4n) is 10.1. The standard InChI is InChI=1S/C48H52N6.Pt/c1-31-17-21-37(22-18-31)49-29-51(35(5)33(49)3)39-11-9-12-41(27-39)53-46-16-10-14-43-42-13-7-8-15-44(42)54(48(43)46)45-26-25-40(28-47(45)53)52-30-50(34(4)36(52)6)38-23-19-32(2)20-24-38;/h7-16,25-26,29-32,37-38H,17-24H2,1-6H3;/q-4;+4. The van der Waals surface area contributed by atoms with Gasteiger partial charge in [0.15, 0.2) is 0 Å². The van der Waals surface area contributed by atoms with Gasteiger partial charge in [-0.3, -0.25) is 0 Å². The molecule has 284 valence electrons. The average molecular weight is 908 g/mol. The van der Waals surface area contributed by atoms with Gasteiger partial charge in [0.25, 0.3) is 0 Å². The maximum Gasteiger partial charge on any atom is 4.00 e. The van der Waals surface area contributed by atoms with Crippen LogP contribution in [0.1, 0.15) is 92.9 Å². The van der Waals surface area contributed by atoms with Crippen LogP contribution in [-0.4, -0.2) is 26.5 Å². The Morgan fingerprint density at radius 2 is 1.07 bits per heavy atom. The van der Waals surface area contributed by atoms with Crippen LogP contribution in [0.2, 0.25) is 0 Å². The molecule has 6 nitrogen and oxygen atoms in total. The van der Waals surface area contributed by atoms with Crippen molar-refractivity contribution in [3.05, 3.63) is 121 Å². The fourth-order valence-corrected chi connectivity index (χ4v) is 10.1. The molecular weight excluding hydrogens is 856 g/mol. The number of nitrogens with zero attached hydrogens (tertiary/aromatic N) is 6. The Morgan fingerprint density at radius 1 is 0.527 bits per heavy atom. The minimum absolute atomic E-state index is 0. The molecule has 4 aromatic carbocycles. The number of benzene rings is 4. The topological polar surface area (TPSA) is 21.1 Å². The Morgan fingerprint density at radius 3 is 1.71 bits per heavy atom. The van der Waals surface area contributed by atoms with Crippen molar-refractivity contribution in [2.24, 2.45) is 11.8 Å². The van der Waals surface area contributed by atoms with Crippen LogP contribution in [0.3, 0.4) is 0 Å². The van der Waals surface area contributed by atoms with Gasteiger partial charge in [0.05, 0.1) is 11.2 Å². The molecule has 3 aliphatic heterocycles. The van der Waals surface area contributed by atoms with Crippen LogP contribution in [0.25, 0.3) is 27.5 Å². The number of anilines is 5. The number of hydrogen-bond donors (Lipinski definition) is 0. The van der Waals surface area contributed by atoms with Gasteiger partial charge in [-0.2, -0.15) is 19.4 Å². The summed E-state index contributed by atoms with van der Waals surface area (Å²) < 4.78 is 2.46. The second-order valence-corrected chi connectivity index (χ2v) is 16.8. The summed E-state index contributed by atoms with van der Waals surface area (Å²) in [6.45, 7) is 18.6. The fraction of sp³-hybridized carbons (Fsp3) is 0.375. The molecule has 10 rings (SSSR count). The van der Waals surface area contributed by atoms with Crippen molar-refractivity contribution >= 4 is 50.2 Å². The van der Waals surface area contributed by atoms with Gasteiger partial charge < -0.3 is 29.1 Å². The predicted octanol–water partition coefficient (Wildman–Crippen LogP) is 12.3. The molecule has 2 saturated carbocycles. The monoisotopic (exact) mass is 907 g/mol. The van der Waals surface area contributed by atoms with E-state index < -0.39 is 0 Å². The number of fused-ring (bicyclic) bond motifs is 5. The molecule has 1 aromatic heterocycles. The maximum atomic E-state index is 4.01. The van der Waals surface area contributed by atoms with Crippen molar-refractivity contribution in [3.63, 3.8) is 0 Å². The molecule has 0 bridgehead atoms. The Hall–Kier alpha value is -4.15. The first kappa shape index (κ1) is 36.5. The molecule has 4 heterocycles. The van der Waals surface area contributed by atoms with E-state index in [0.29, 0.717) is 12.1 Å². The van der Waals surface area contributed by atoms with E-state index in [1.165, 1.54) is 96.0 Å². The predicted molar refractivity (Wildman–Crippen MR) is 224 cm³/mol. The third-order valence-electron chi connectivity index (χ3n) is 13.6. The largest absolute Gasteiger partial charge is 4.00 e. The van der Waals surface area contributed by atoms with Crippen molar-refractivity contribution < 1.29 is 21.1 Å². The van der Waals surface area contributed by atoms with Gasteiger partial charge >= 0.3 is 21.1 Å². The Labute approximate surface area is 342 Å². The summed E-state index contributed by atoms with van der Waals surface area (Å²) in [5.74, 6) is 1.65. The van der Waals surface area contributed by atoms with Crippen LogP contribution >= 0.6 is 0 Å². The molecule has 55 heavy (non-hydrogen) atoms. The smallest absolute Gasteiger partial charge is 0.503 e. The number of allylic oxidation sites excluding steroid dienone is 4. The van der Waals surface area contributed by atoms with Crippen molar-refractivity contribution in [1.29, 1.82) is 0 Å². The third kappa shape index (κ3) is 5.84. The van der Waals surface area contributed by atoms with Gasteiger partial charge in [-0.25, -0.2) is 0 Å². The Balaban J connectivity index is 0.00000397. The summed E-state index contributed by atoms with van der Waals surface area (Å²) >= 11 is 0. The first-order valence-electron chi connectivity index (χ1n) is 20.4. The normalized spacial score (nSPS) is 24.1. The first-order valence-corrected chi connectivity index (χ1v) is 20.4. The molecule has 2 aliphatic carbocycles. The molecule has 0 atom stereocenters. The minimum Gasteiger partial charge on any atom is -0.503 e. The Bertz CT molecular complexity index is 2340. The molecule has 0 spiro atoms. The van der Waals surface area contributed by atoms with E-state index in [0.717, 1.165) is 46.0 Å². The third-order valence-corrected chi connectivity index (χ3v) is 13.6. The number of aromatic nitrogens is 1. The van der Waals surface area contributed by atoms with Gasteiger partial charge in [0, 0.05) is 39.8 Å². The summed E-state index contributed by atoms with van der Waals surface area (Å²) in [4.78, 5) is 12.2. The molecule has 0 N–H and O–H groups in total. The van der Waals surface area contributed by atoms with Crippen LogP contribution in [0, 0.1) is 37.3 Å². The van der Waals surface area contributed by atoms with Crippen LogP contribution in [-0.2, 0) is 21.1 Å². The molecule has 2 fully saturated rings. The average Bonchev–Trinajstić information content (AvgIpc) is 3.81. The zero-order valence-corrected chi connectivity index (χ0v) is 35.3. The second-order valence-electron chi connectivity index (χ2n) is 16.8. The molecular formula is C48H52N6Pt. The molecule has 0 radical (unpaired) electrons. The summed E-state index contributed by atoms with van der Waals surface area (Å²) in [6.07, 6.45) is 10.2. The van der Waals surface area contributed by atoms with Crippen molar-refractivity contribution in [3.8, 4) is 5.69 Å². The van der Waals surface area contributed by atoms with Gasteiger partial charge in [-0.1, -0.05) is 49.9 Å². The minimum atomic E-state index is 0. The van der Waals surface area contributed by atoms with Crippen LogP contribution in [0.5, 0.6) is 0 Å². The van der Waals surface area contributed by atoms with Gasteiger partial charge in [-0.05, 0) is 126 Å². The number of hydrogen-bond acceptors (Lipinski definition) is 5. The summed E-state index contributed by atoms with van der Waals surface area (Å²) in [7, 11) is 0. The van der Waals surface area contributed by atoms with Gasteiger partial charge in [0.1, 0.15) is 0 Å². The second kappa shape index (κ2) is 14.1. The molecule has 0 saturated heterocycles. The summed E-state index contributed by atoms with van der Waals surface area (Å²) in [6, 6.07) is 35.9. The summed E-state index contributed by atoms with van der Waals surface area (Å²) in [5, 5.41) is 2.53. The molecule has 0 unspecified atom stereocenters. The molecule has 5 aliphatic rings. The SMILES string of the molecule is CC1=C(C)N(C2CCC(C)CC2)[CH-]N1c1[c-]c(N2c3[c-]c(N4[CH-]N(C5CCC(C)CC5)C(C)=C4C)ccc3-n3c4ccccc4c4cccc2c43)ccc1.[Pt+4]. The molecule has 0 amide bonds. The van der Waals surface area contributed by atoms with E-state index in [4.69, 9.17) is 0 Å².